The lowest BCUT2D eigenvalue weighted by Crippen LogP contribution is -2.28. The predicted molar refractivity (Wildman–Crippen MR) is 71.1 cm³/mol. The highest BCUT2D eigenvalue weighted by molar-refractivity contribution is 7.80. The molecule has 15 heavy (non-hydrogen) atoms. The van der Waals surface area contributed by atoms with Gasteiger partial charge in [0.2, 0.25) is 0 Å². The molecule has 2 nitrogen and oxygen atoms in total. The van der Waals surface area contributed by atoms with Gasteiger partial charge in [0, 0.05) is 11.6 Å². The number of halogens is 2. The van der Waals surface area contributed by atoms with Crippen molar-refractivity contribution in [2.24, 2.45) is 0 Å². The molecule has 0 spiro atoms. The normalized spacial score (nSPS) is 9.87. The van der Waals surface area contributed by atoms with Crippen LogP contribution in [-0.2, 0) is 0 Å². The molecule has 0 bridgehead atoms. The molecule has 0 aliphatic rings. The van der Waals surface area contributed by atoms with Gasteiger partial charge in [-0.25, -0.2) is 0 Å². The van der Waals surface area contributed by atoms with Crippen molar-refractivity contribution in [2.75, 3.05) is 11.9 Å². The van der Waals surface area contributed by atoms with Crippen LogP contribution in [0.25, 0.3) is 0 Å². The highest BCUT2D eigenvalue weighted by atomic mass is 35.5. The average Bonchev–Trinajstić information content (AvgIpc) is 2.14. The van der Waals surface area contributed by atoms with Gasteiger partial charge in [-0.2, -0.15) is 0 Å². The highest BCUT2D eigenvalue weighted by Gasteiger charge is 2.05. The van der Waals surface area contributed by atoms with Crippen LogP contribution in [0.15, 0.2) is 12.1 Å². The third-order valence-corrected chi connectivity index (χ3v) is 2.80. The molecule has 0 unspecified atom stereocenters. The minimum atomic E-state index is 0.541. The fourth-order valence-electron chi connectivity index (χ4n) is 1.07. The third kappa shape index (κ3) is 3.52. The van der Waals surface area contributed by atoms with Gasteiger partial charge in [0.1, 0.15) is 0 Å². The van der Waals surface area contributed by atoms with Crippen molar-refractivity contribution < 1.29 is 0 Å². The molecule has 1 aromatic rings. The van der Waals surface area contributed by atoms with E-state index in [9.17, 15) is 0 Å². The topological polar surface area (TPSA) is 24.1 Å². The second-order valence-electron chi connectivity index (χ2n) is 3.07. The Labute approximate surface area is 105 Å². The van der Waals surface area contributed by atoms with Gasteiger partial charge in [-0.05, 0) is 43.8 Å². The zero-order valence-corrected chi connectivity index (χ0v) is 10.9. The summed E-state index contributed by atoms with van der Waals surface area (Å²) in [7, 11) is 0. The van der Waals surface area contributed by atoms with Crippen molar-refractivity contribution in [1.29, 1.82) is 0 Å². The first-order chi connectivity index (χ1) is 7.04. The van der Waals surface area contributed by atoms with E-state index in [1.807, 2.05) is 13.8 Å². The van der Waals surface area contributed by atoms with E-state index in [1.54, 1.807) is 12.1 Å². The van der Waals surface area contributed by atoms with Crippen LogP contribution in [0.4, 0.5) is 5.69 Å². The summed E-state index contributed by atoms with van der Waals surface area (Å²) in [5.74, 6) is 0. The maximum atomic E-state index is 6.04. The second kappa shape index (κ2) is 5.54. The van der Waals surface area contributed by atoms with Gasteiger partial charge in [-0.1, -0.05) is 23.2 Å². The van der Waals surface area contributed by atoms with E-state index in [-0.39, 0.29) is 0 Å². The molecule has 0 radical (unpaired) electrons. The number of nitrogens with one attached hydrogen (secondary N) is 2. The van der Waals surface area contributed by atoms with Crippen molar-refractivity contribution in [3.8, 4) is 0 Å². The summed E-state index contributed by atoms with van der Waals surface area (Å²) in [6, 6.07) is 3.57. The van der Waals surface area contributed by atoms with Crippen LogP contribution in [0, 0.1) is 6.92 Å². The fraction of sp³-hybridized carbons (Fsp3) is 0.300. The zero-order chi connectivity index (χ0) is 11.4. The number of benzene rings is 1. The highest BCUT2D eigenvalue weighted by Crippen LogP contribution is 2.28. The van der Waals surface area contributed by atoms with Gasteiger partial charge in [0.15, 0.2) is 5.11 Å². The van der Waals surface area contributed by atoms with Crippen LogP contribution in [0.1, 0.15) is 12.5 Å². The number of rotatable bonds is 2. The molecule has 0 aliphatic carbocycles. The van der Waals surface area contributed by atoms with Crippen LogP contribution in [0.2, 0.25) is 10.0 Å². The average molecular weight is 263 g/mol. The Morgan fingerprint density at radius 2 is 2.00 bits per heavy atom. The first kappa shape index (κ1) is 12.6. The van der Waals surface area contributed by atoms with E-state index >= 15 is 0 Å². The molecule has 0 fully saturated rings. The summed E-state index contributed by atoms with van der Waals surface area (Å²) in [5, 5.41) is 7.77. The van der Waals surface area contributed by atoms with Gasteiger partial charge in [0.05, 0.1) is 10.7 Å². The Balaban J connectivity index is 2.86. The zero-order valence-electron chi connectivity index (χ0n) is 8.53. The van der Waals surface area contributed by atoms with Gasteiger partial charge >= 0.3 is 0 Å². The van der Waals surface area contributed by atoms with E-state index in [1.165, 1.54) is 0 Å². The molecule has 0 heterocycles. The molecule has 1 rings (SSSR count). The predicted octanol–water partition coefficient (Wildman–Crippen LogP) is 3.61. The van der Waals surface area contributed by atoms with E-state index < -0.39 is 0 Å². The molecule has 0 aromatic heterocycles. The third-order valence-electron chi connectivity index (χ3n) is 1.83. The maximum absolute atomic E-state index is 6.04. The summed E-state index contributed by atoms with van der Waals surface area (Å²) < 4.78 is 0. The van der Waals surface area contributed by atoms with Gasteiger partial charge in [-0.15, -0.1) is 0 Å². The fourth-order valence-corrected chi connectivity index (χ4v) is 1.75. The summed E-state index contributed by atoms with van der Waals surface area (Å²) in [6.07, 6.45) is 0. The van der Waals surface area contributed by atoms with Crippen molar-refractivity contribution in [3.05, 3.63) is 27.7 Å². The molecular weight excluding hydrogens is 251 g/mol. The number of hydrogen-bond donors (Lipinski definition) is 2. The van der Waals surface area contributed by atoms with E-state index in [2.05, 4.69) is 10.6 Å². The summed E-state index contributed by atoms with van der Waals surface area (Å²) in [5.41, 5.74) is 1.67. The van der Waals surface area contributed by atoms with E-state index in [4.69, 9.17) is 35.4 Å². The molecule has 1 aromatic carbocycles. The largest absolute Gasteiger partial charge is 0.363 e. The molecule has 0 amide bonds. The Morgan fingerprint density at radius 3 is 2.60 bits per heavy atom. The number of hydrogen-bond acceptors (Lipinski definition) is 1. The van der Waals surface area contributed by atoms with Crippen LogP contribution >= 0.6 is 35.4 Å². The van der Waals surface area contributed by atoms with Crippen LogP contribution in [-0.4, -0.2) is 11.7 Å². The van der Waals surface area contributed by atoms with Gasteiger partial charge in [-0.3, -0.25) is 0 Å². The number of anilines is 1. The molecule has 82 valence electrons. The molecule has 0 saturated carbocycles. The summed E-state index contributed by atoms with van der Waals surface area (Å²) in [4.78, 5) is 0. The Kier molecular flexibility index (Phi) is 4.64. The standard InChI is InChI=1S/C10H12Cl2N2S/c1-3-13-10(15)14-9-5-7(11)6(2)4-8(9)12/h4-5H,3H2,1-2H3,(H2,13,14,15). The van der Waals surface area contributed by atoms with Crippen LogP contribution < -0.4 is 10.6 Å². The quantitative estimate of drug-likeness (QED) is 0.797. The lowest BCUT2D eigenvalue weighted by atomic mass is 10.2. The molecule has 0 atom stereocenters. The molecular formula is C10H12Cl2N2S. The van der Waals surface area contributed by atoms with Crippen molar-refractivity contribution in [1.82, 2.24) is 5.32 Å². The minimum absolute atomic E-state index is 0.541. The molecule has 0 saturated heterocycles. The minimum Gasteiger partial charge on any atom is -0.363 e. The summed E-state index contributed by atoms with van der Waals surface area (Å²) >= 11 is 17.1. The number of aryl methyl sites for hydroxylation is 1. The molecule has 2 N–H and O–H groups in total. The van der Waals surface area contributed by atoms with E-state index in [0.717, 1.165) is 17.8 Å². The molecule has 0 aliphatic heterocycles. The number of thiocarbonyl (C=S) groups is 1. The molecule has 5 heteroatoms. The van der Waals surface area contributed by atoms with Gasteiger partial charge in [0.25, 0.3) is 0 Å². The van der Waals surface area contributed by atoms with Gasteiger partial charge < -0.3 is 10.6 Å². The van der Waals surface area contributed by atoms with E-state index in [0.29, 0.717) is 15.2 Å². The smallest absolute Gasteiger partial charge is 0.170 e. The van der Waals surface area contributed by atoms with Crippen LogP contribution in [0.5, 0.6) is 0 Å². The lowest BCUT2D eigenvalue weighted by Gasteiger charge is -2.11. The summed E-state index contributed by atoms with van der Waals surface area (Å²) in [6.45, 7) is 4.64. The van der Waals surface area contributed by atoms with Crippen molar-refractivity contribution in [2.45, 2.75) is 13.8 Å². The second-order valence-corrected chi connectivity index (χ2v) is 4.29. The Bertz CT molecular complexity index is 380. The van der Waals surface area contributed by atoms with Crippen LogP contribution in [0.3, 0.4) is 0 Å². The first-order valence-corrected chi connectivity index (χ1v) is 5.71. The SMILES string of the molecule is CCNC(=S)Nc1cc(Cl)c(C)cc1Cl. The Hall–Kier alpha value is -0.510. The maximum Gasteiger partial charge on any atom is 0.170 e. The lowest BCUT2D eigenvalue weighted by molar-refractivity contribution is 0.979. The van der Waals surface area contributed by atoms with Crippen molar-refractivity contribution >= 4 is 46.2 Å². The van der Waals surface area contributed by atoms with Crippen molar-refractivity contribution in [3.63, 3.8) is 0 Å². The Morgan fingerprint density at radius 1 is 1.33 bits per heavy atom. The monoisotopic (exact) mass is 262 g/mol. The first-order valence-electron chi connectivity index (χ1n) is 4.55.